The van der Waals surface area contributed by atoms with Gasteiger partial charge in [-0.15, -0.1) is 0 Å². The number of hydroxylamine groups is 2. The third-order valence-corrected chi connectivity index (χ3v) is 1.73. The van der Waals surface area contributed by atoms with Crippen molar-refractivity contribution in [1.82, 2.24) is 5.06 Å². The van der Waals surface area contributed by atoms with Crippen LogP contribution in [-0.2, 0) is 0 Å². The molecule has 2 N–H and O–H groups in total. The average molecular weight is 162 g/mol. The summed E-state index contributed by atoms with van der Waals surface area (Å²) < 4.78 is 0. The van der Waals surface area contributed by atoms with Gasteiger partial charge in [0.25, 0.3) is 0 Å². The van der Waals surface area contributed by atoms with Crippen molar-refractivity contribution < 1.29 is 4.84 Å². The van der Waals surface area contributed by atoms with E-state index in [1.807, 2.05) is 36.5 Å². The largest absolute Gasteiger partial charge is 0.378 e. The van der Waals surface area contributed by atoms with E-state index in [9.17, 15) is 0 Å². The van der Waals surface area contributed by atoms with E-state index in [0.717, 1.165) is 11.3 Å². The summed E-state index contributed by atoms with van der Waals surface area (Å²) in [6.45, 7) is 0.366. The van der Waals surface area contributed by atoms with Crippen molar-refractivity contribution in [2.75, 3.05) is 6.67 Å². The third-order valence-electron chi connectivity index (χ3n) is 1.73. The van der Waals surface area contributed by atoms with E-state index in [-0.39, 0.29) is 0 Å². The SMILES string of the molecule is NCN1C=Cc2ccccc2O1. The fourth-order valence-electron chi connectivity index (χ4n) is 1.12. The second kappa shape index (κ2) is 2.87. The minimum atomic E-state index is 0.366. The smallest absolute Gasteiger partial charge is 0.162 e. The average Bonchev–Trinajstić information content (AvgIpc) is 2.17. The monoisotopic (exact) mass is 162 g/mol. The molecule has 3 nitrogen and oxygen atoms in total. The Hall–Kier alpha value is -1.48. The molecule has 0 atom stereocenters. The Kier molecular flexibility index (Phi) is 1.72. The van der Waals surface area contributed by atoms with Gasteiger partial charge in [0.15, 0.2) is 5.75 Å². The van der Waals surface area contributed by atoms with Gasteiger partial charge in [0.1, 0.15) is 6.67 Å². The van der Waals surface area contributed by atoms with Gasteiger partial charge in [-0.25, -0.2) is 5.06 Å². The summed E-state index contributed by atoms with van der Waals surface area (Å²) >= 11 is 0. The predicted molar refractivity (Wildman–Crippen MR) is 47.0 cm³/mol. The Balaban J connectivity index is 2.33. The molecular formula is C9H10N2O. The van der Waals surface area contributed by atoms with Crippen LogP contribution in [0.25, 0.3) is 6.08 Å². The van der Waals surface area contributed by atoms with Crippen LogP contribution in [0.4, 0.5) is 0 Å². The van der Waals surface area contributed by atoms with Gasteiger partial charge in [-0.1, -0.05) is 18.2 Å². The van der Waals surface area contributed by atoms with Crippen LogP contribution in [0.1, 0.15) is 5.56 Å². The summed E-state index contributed by atoms with van der Waals surface area (Å²) in [7, 11) is 0. The highest BCUT2D eigenvalue weighted by atomic mass is 16.7. The molecule has 0 saturated carbocycles. The van der Waals surface area contributed by atoms with E-state index in [0.29, 0.717) is 6.67 Å². The molecule has 0 amide bonds. The zero-order valence-electron chi connectivity index (χ0n) is 6.60. The zero-order chi connectivity index (χ0) is 8.39. The molecule has 62 valence electrons. The molecule has 0 bridgehead atoms. The molecule has 1 aliphatic rings. The van der Waals surface area contributed by atoms with Crippen molar-refractivity contribution in [1.29, 1.82) is 0 Å². The van der Waals surface area contributed by atoms with E-state index < -0.39 is 0 Å². The van der Waals surface area contributed by atoms with E-state index >= 15 is 0 Å². The van der Waals surface area contributed by atoms with Gasteiger partial charge in [-0.2, -0.15) is 0 Å². The van der Waals surface area contributed by atoms with Crippen LogP contribution < -0.4 is 10.6 Å². The maximum absolute atomic E-state index is 5.41. The van der Waals surface area contributed by atoms with Crippen LogP contribution in [0.5, 0.6) is 5.75 Å². The minimum Gasteiger partial charge on any atom is -0.378 e. The molecule has 0 spiro atoms. The Morgan fingerprint density at radius 3 is 3.00 bits per heavy atom. The summed E-state index contributed by atoms with van der Waals surface area (Å²) in [6.07, 6.45) is 3.80. The molecule has 1 heterocycles. The van der Waals surface area contributed by atoms with Crippen molar-refractivity contribution >= 4 is 6.08 Å². The number of rotatable bonds is 1. The maximum atomic E-state index is 5.41. The Labute approximate surface area is 71.0 Å². The van der Waals surface area contributed by atoms with Crippen LogP contribution in [-0.4, -0.2) is 11.7 Å². The van der Waals surface area contributed by atoms with Gasteiger partial charge < -0.3 is 10.6 Å². The molecule has 0 saturated heterocycles. The number of hydrogen-bond acceptors (Lipinski definition) is 3. The minimum absolute atomic E-state index is 0.366. The summed E-state index contributed by atoms with van der Waals surface area (Å²) in [5.74, 6) is 0.852. The van der Waals surface area contributed by atoms with Crippen LogP contribution >= 0.6 is 0 Å². The lowest BCUT2D eigenvalue weighted by molar-refractivity contribution is -0.00711. The number of nitrogens with two attached hydrogens (primary N) is 1. The van der Waals surface area contributed by atoms with Crippen LogP contribution in [0.2, 0.25) is 0 Å². The molecule has 0 aromatic heterocycles. The van der Waals surface area contributed by atoms with Crippen molar-refractivity contribution in [2.45, 2.75) is 0 Å². The van der Waals surface area contributed by atoms with E-state index in [2.05, 4.69) is 0 Å². The first-order chi connectivity index (χ1) is 5.90. The van der Waals surface area contributed by atoms with Crippen molar-refractivity contribution in [2.24, 2.45) is 5.73 Å². The van der Waals surface area contributed by atoms with Crippen molar-refractivity contribution in [3.8, 4) is 5.75 Å². The number of fused-ring (bicyclic) bond motifs is 1. The lowest BCUT2D eigenvalue weighted by Crippen LogP contribution is -2.29. The molecule has 0 aliphatic carbocycles. The van der Waals surface area contributed by atoms with Crippen molar-refractivity contribution in [3.63, 3.8) is 0 Å². The van der Waals surface area contributed by atoms with Gasteiger partial charge in [0.2, 0.25) is 0 Å². The first-order valence-electron chi connectivity index (χ1n) is 3.82. The van der Waals surface area contributed by atoms with Gasteiger partial charge in [0.05, 0.1) is 0 Å². The quantitative estimate of drug-likeness (QED) is 0.674. The van der Waals surface area contributed by atoms with Gasteiger partial charge in [-0.3, -0.25) is 0 Å². The second-order valence-corrected chi connectivity index (χ2v) is 2.54. The van der Waals surface area contributed by atoms with Crippen LogP contribution in [0.15, 0.2) is 30.5 Å². The van der Waals surface area contributed by atoms with Crippen LogP contribution in [0, 0.1) is 0 Å². The normalized spacial score (nSPS) is 13.9. The predicted octanol–water partition coefficient (Wildman–Crippen LogP) is 1.18. The summed E-state index contributed by atoms with van der Waals surface area (Å²) in [5, 5.41) is 1.59. The van der Waals surface area contributed by atoms with Gasteiger partial charge in [-0.05, 0) is 12.1 Å². The molecule has 2 rings (SSSR count). The lowest BCUT2D eigenvalue weighted by Gasteiger charge is -2.23. The number of hydrogen-bond donors (Lipinski definition) is 1. The summed E-state index contributed by atoms with van der Waals surface area (Å²) in [6, 6.07) is 7.83. The fourth-order valence-corrected chi connectivity index (χ4v) is 1.12. The van der Waals surface area contributed by atoms with E-state index in [1.165, 1.54) is 0 Å². The first-order valence-corrected chi connectivity index (χ1v) is 3.82. The summed E-state index contributed by atoms with van der Waals surface area (Å²) in [4.78, 5) is 5.40. The first kappa shape index (κ1) is 7.18. The Bertz CT molecular complexity index is 309. The number of nitrogens with zero attached hydrogens (tertiary/aromatic N) is 1. The number of benzene rings is 1. The van der Waals surface area contributed by atoms with E-state index in [4.69, 9.17) is 10.6 Å². The standard InChI is InChI=1S/C9H10N2O/c10-7-11-6-5-8-3-1-2-4-9(8)12-11/h1-6H,7,10H2. The molecule has 0 unspecified atom stereocenters. The molecule has 0 radical (unpaired) electrons. The molecule has 0 fully saturated rings. The van der Waals surface area contributed by atoms with Gasteiger partial charge >= 0.3 is 0 Å². The lowest BCUT2D eigenvalue weighted by atomic mass is 10.2. The molecule has 1 aliphatic heterocycles. The highest BCUT2D eigenvalue weighted by Crippen LogP contribution is 2.23. The van der Waals surface area contributed by atoms with E-state index in [1.54, 1.807) is 5.06 Å². The Morgan fingerprint density at radius 2 is 2.17 bits per heavy atom. The molecule has 1 aromatic carbocycles. The molecule has 12 heavy (non-hydrogen) atoms. The van der Waals surface area contributed by atoms with Gasteiger partial charge in [0, 0.05) is 11.8 Å². The fraction of sp³-hybridized carbons (Fsp3) is 0.111. The molecule has 3 heteroatoms. The highest BCUT2D eigenvalue weighted by Gasteiger charge is 2.08. The second-order valence-electron chi connectivity index (χ2n) is 2.54. The summed E-state index contributed by atoms with van der Waals surface area (Å²) in [5.41, 5.74) is 6.50. The molecular weight excluding hydrogens is 152 g/mol. The topological polar surface area (TPSA) is 38.5 Å². The maximum Gasteiger partial charge on any atom is 0.162 e. The zero-order valence-corrected chi connectivity index (χ0v) is 6.60. The molecule has 1 aromatic rings. The number of para-hydroxylation sites is 1. The van der Waals surface area contributed by atoms with Crippen LogP contribution in [0.3, 0.4) is 0 Å². The highest BCUT2D eigenvalue weighted by molar-refractivity contribution is 5.58. The van der Waals surface area contributed by atoms with Crippen molar-refractivity contribution in [3.05, 3.63) is 36.0 Å². The Morgan fingerprint density at radius 1 is 1.33 bits per heavy atom. The third kappa shape index (κ3) is 1.14.